The van der Waals surface area contributed by atoms with Crippen LogP contribution in [0.2, 0.25) is 0 Å². The third-order valence-electron chi connectivity index (χ3n) is 3.93. The van der Waals surface area contributed by atoms with E-state index in [9.17, 15) is 4.79 Å². The molecule has 5 heteroatoms. The number of amides is 1. The van der Waals surface area contributed by atoms with E-state index in [1.54, 1.807) is 17.2 Å². The smallest absolute Gasteiger partial charge is 0.273 e. The lowest BCUT2D eigenvalue weighted by Crippen LogP contribution is -2.37. The molecule has 1 aromatic carbocycles. The highest BCUT2D eigenvalue weighted by Gasteiger charge is 2.21. The molecule has 0 bridgehead atoms. The van der Waals surface area contributed by atoms with Crippen LogP contribution in [0.3, 0.4) is 0 Å². The van der Waals surface area contributed by atoms with Crippen molar-refractivity contribution in [2.75, 3.05) is 0 Å². The molecule has 0 aliphatic heterocycles. The van der Waals surface area contributed by atoms with Gasteiger partial charge in [0.2, 0.25) is 0 Å². The number of para-hydroxylation sites is 1. The number of carbonyl (C=O) groups excluding carboxylic acids is 1. The number of imidazole rings is 1. The van der Waals surface area contributed by atoms with Gasteiger partial charge in [-0.25, -0.2) is 9.97 Å². The highest BCUT2D eigenvalue weighted by molar-refractivity contribution is 5.95. The number of aromatic nitrogens is 3. The zero-order valence-electron chi connectivity index (χ0n) is 13.6. The quantitative estimate of drug-likeness (QED) is 0.744. The highest BCUT2D eigenvalue weighted by Crippen LogP contribution is 2.15. The summed E-state index contributed by atoms with van der Waals surface area (Å²) in [5.74, 6) is 0.779. The van der Waals surface area contributed by atoms with E-state index in [2.05, 4.69) is 9.97 Å². The Bertz CT molecular complexity index is 838. The summed E-state index contributed by atoms with van der Waals surface area (Å²) < 4.78 is 1.93. The van der Waals surface area contributed by atoms with Crippen molar-refractivity contribution in [1.82, 2.24) is 19.4 Å². The Labute approximate surface area is 135 Å². The number of hydrogen-bond donors (Lipinski definition) is 0. The molecule has 23 heavy (non-hydrogen) atoms. The Morgan fingerprint density at radius 1 is 1.22 bits per heavy atom. The fourth-order valence-electron chi connectivity index (χ4n) is 2.52. The monoisotopic (exact) mass is 308 g/mol. The molecule has 0 radical (unpaired) electrons. The minimum absolute atomic E-state index is 0.0625. The van der Waals surface area contributed by atoms with E-state index in [0.29, 0.717) is 12.2 Å². The third-order valence-corrected chi connectivity index (χ3v) is 3.93. The SMILES string of the molecule is CC(C)N(Cc1nccn1C)C(=O)c1ccc2ccccc2n1. The second-order valence-corrected chi connectivity index (χ2v) is 5.87. The summed E-state index contributed by atoms with van der Waals surface area (Å²) in [6.07, 6.45) is 3.62. The van der Waals surface area contributed by atoms with E-state index in [4.69, 9.17) is 0 Å². The molecule has 0 spiro atoms. The minimum atomic E-state index is -0.0752. The Hall–Kier alpha value is -2.69. The number of aryl methyl sites for hydroxylation is 1. The highest BCUT2D eigenvalue weighted by atomic mass is 16.2. The Morgan fingerprint density at radius 2 is 2.00 bits per heavy atom. The number of fused-ring (bicyclic) bond motifs is 1. The van der Waals surface area contributed by atoms with Crippen LogP contribution in [0.1, 0.15) is 30.2 Å². The molecular formula is C18H20N4O. The van der Waals surface area contributed by atoms with Crippen molar-refractivity contribution in [3.8, 4) is 0 Å². The molecule has 0 saturated carbocycles. The summed E-state index contributed by atoms with van der Waals surface area (Å²) in [4.78, 5) is 23.5. The van der Waals surface area contributed by atoms with E-state index in [1.807, 2.05) is 62.0 Å². The maximum atomic E-state index is 12.9. The minimum Gasteiger partial charge on any atom is -0.337 e. The number of nitrogens with zero attached hydrogens (tertiary/aromatic N) is 4. The molecule has 0 atom stereocenters. The normalized spacial score (nSPS) is 11.1. The van der Waals surface area contributed by atoms with Gasteiger partial charge in [-0.05, 0) is 26.0 Å². The van der Waals surface area contributed by atoms with Crippen LogP contribution in [-0.2, 0) is 13.6 Å². The van der Waals surface area contributed by atoms with Gasteiger partial charge < -0.3 is 9.47 Å². The zero-order chi connectivity index (χ0) is 16.4. The van der Waals surface area contributed by atoms with Crippen molar-refractivity contribution in [3.63, 3.8) is 0 Å². The molecule has 118 valence electrons. The van der Waals surface area contributed by atoms with Crippen LogP contribution in [0.15, 0.2) is 48.8 Å². The van der Waals surface area contributed by atoms with E-state index in [0.717, 1.165) is 16.7 Å². The number of hydrogen-bond acceptors (Lipinski definition) is 3. The van der Waals surface area contributed by atoms with Gasteiger partial charge in [-0.2, -0.15) is 0 Å². The lowest BCUT2D eigenvalue weighted by atomic mass is 10.2. The van der Waals surface area contributed by atoms with E-state index in [-0.39, 0.29) is 11.9 Å². The van der Waals surface area contributed by atoms with Crippen LogP contribution in [-0.4, -0.2) is 31.4 Å². The number of benzene rings is 1. The molecule has 0 aliphatic carbocycles. The van der Waals surface area contributed by atoms with Gasteiger partial charge in [0.05, 0.1) is 12.1 Å². The first-order chi connectivity index (χ1) is 11.1. The van der Waals surface area contributed by atoms with Gasteiger partial charge in [0.25, 0.3) is 5.91 Å². The molecule has 0 saturated heterocycles. The standard InChI is InChI=1S/C18H20N4O/c1-13(2)22(12-17-19-10-11-21(17)3)18(23)16-9-8-14-6-4-5-7-15(14)20-16/h4-11,13H,12H2,1-3H3. The first-order valence-corrected chi connectivity index (χ1v) is 7.69. The Morgan fingerprint density at radius 3 is 2.70 bits per heavy atom. The topological polar surface area (TPSA) is 51.0 Å². The molecule has 0 aliphatic rings. The number of carbonyl (C=O) groups is 1. The second kappa shape index (κ2) is 6.20. The molecule has 5 nitrogen and oxygen atoms in total. The van der Waals surface area contributed by atoms with E-state index in [1.165, 1.54) is 0 Å². The van der Waals surface area contributed by atoms with Crippen molar-refractivity contribution in [2.45, 2.75) is 26.4 Å². The predicted octanol–water partition coefficient (Wildman–Crippen LogP) is 3.02. The molecule has 2 aromatic heterocycles. The first kappa shape index (κ1) is 15.2. The molecule has 0 N–H and O–H groups in total. The molecule has 3 rings (SSSR count). The zero-order valence-corrected chi connectivity index (χ0v) is 13.6. The van der Waals surface area contributed by atoms with Crippen LogP contribution >= 0.6 is 0 Å². The van der Waals surface area contributed by atoms with Gasteiger partial charge in [0, 0.05) is 30.9 Å². The lowest BCUT2D eigenvalue weighted by Gasteiger charge is -2.26. The first-order valence-electron chi connectivity index (χ1n) is 7.69. The molecule has 2 heterocycles. The summed E-state index contributed by atoms with van der Waals surface area (Å²) in [6.45, 7) is 4.47. The van der Waals surface area contributed by atoms with Gasteiger partial charge in [-0.1, -0.05) is 24.3 Å². The van der Waals surface area contributed by atoms with Gasteiger partial charge in [-0.3, -0.25) is 4.79 Å². The maximum Gasteiger partial charge on any atom is 0.273 e. The van der Waals surface area contributed by atoms with Crippen molar-refractivity contribution in [3.05, 3.63) is 60.3 Å². The average Bonchev–Trinajstić information content (AvgIpc) is 2.96. The summed E-state index contributed by atoms with van der Waals surface area (Å²) in [6, 6.07) is 11.6. The van der Waals surface area contributed by atoms with Gasteiger partial charge in [0.1, 0.15) is 11.5 Å². The average molecular weight is 308 g/mol. The van der Waals surface area contributed by atoms with Crippen LogP contribution in [0.4, 0.5) is 0 Å². The van der Waals surface area contributed by atoms with Crippen LogP contribution in [0.5, 0.6) is 0 Å². The van der Waals surface area contributed by atoms with Crippen molar-refractivity contribution in [2.24, 2.45) is 7.05 Å². The fourth-order valence-corrected chi connectivity index (χ4v) is 2.52. The molecule has 0 fully saturated rings. The molecular weight excluding hydrogens is 288 g/mol. The summed E-state index contributed by atoms with van der Waals surface area (Å²) in [5.41, 5.74) is 1.30. The van der Waals surface area contributed by atoms with E-state index < -0.39 is 0 Å². The van der Waals surface area contributed by atoms with Crippen molar-refractivity contribution in [1.29, 1.82) is 0 Å². The Kier molecular flexibility index (Phi) is 4.10. The van der Waals surface area contributed by atoms with Crippen molar-refractivity contribution < 1.29 is 4.79 Å². The van der Waals surface area contributed by atoms with Gasteiger partial charge in [0.15, 0.2) is 0 Å². The summed E-state index contributed by atoms with van der Waals surface area (Å²) >= 11 is 0. The lowest BCUT2D eigenvalue weighted by molar-refractivity contribution is 0.0678. The van der Waals surface area contributed by atoms with Crippen LogP contribution < -0.4 is 0 Å². The maximum absolute atomic E-state index is 12.9. The van der Waals surface area contributed by atoms with Gasteiger partial charge in [-0.15, -0.1) is 0 Å². The summed E-state index contributed by atoms with van der Waals surface area (Å²) in [7, 11) is 1.93. The predicted molar refractivity (Wildman–Crippen MR) is 90.0 cm³/mol. The number of rotatable bonds is 4. The summed E-state index contributed by atoms with van der Waals surface area (Å²) in [5, 5.41) is 1.03. The van der Waals surface area contributed by atoms with Crippen molar-refractivity contribution >= 4 is 16.8 Å². The molecule has 3 aromatic rings. The largest absolute Gasteiger partial charge is 0.337 e. The fraction of sp³-hybridized carbons (Fsp3) is 0.278. The second-order valence-electron chi connectivity index (χ2n) is 5.87. The van der Waals surface area contributed by atoms with Crippen LogP contribution in [0, 0.1) is 0 Å². The Balaban J connectivity index is 1.92. The van der Waals surface area contributed by atoms with Gasteiger partial charge >= 0.3 is 0 Å². The molecule has 1 amide bonds. The number of pyridine rings is 1. The molecule has 0 unspecified atom stereocenters. The van der Waals surface area contributed by atoms with Crippen LogP contribution in [0.25, 0.3) is 10.9 Å². The third kappa shape index (κ3) is 3.08. The van der Waals surface area contributed by atoms with E-state index >= 15 is 0 Å².